The first kappa shape index (κ1) is 20.9. The van der Waals surface area contributed by atoms with Crippen LogP contribution in [0.25, 0.3) is 0 Å². The van der Waals surface area contributed by atoms with Crippen LogP contribution in [-0.4, -0.2) is 42.2 Å². The van der Waals surface area contributed by atoms with Gasteiger partial charge in [-0.3, -0.25) is 9.69 Å². The molecule has 0 unspecified atom stereocenters. The zero-order valence-electron chi connectivity index (χ0n) is 18.1. The predicted octanol–water partition coefficient (Wildman–Crippen LogP) is 4.65. The van der Waals surface area contributed by atoms with Gasteiger partial charge in [0.05, 0.1) is 11.6 Å². The van der Waals surface area contributed by atoms with Gasteiger partial charge in [-0.05, 0) is 80.6 Å². The number of hydrogen-bond donors (Lipinski definition) is 1. The summed E-state index contributed by atoms with van der Waals surface area (Å²) in [5.41, 5.74) is 7.01. The Morgan fingerprint density at radius 1 is 1.07 bits per heavy atom. The molecule has 5 heteroatoms. The second-order valence-corrected chi connectivity index (χ2v) is 9.03. The van der Waals surface area contributed by atoms with Crippen molar-refractivity contribution < 1.29 is 14.3 Å². The molecule has 160 valence electrons. The van der Waals surface area contributed by atoms with E-state index in [9.17, 15) is 14.3 Å². The molecule has 4 nitrogen and oxygen atoms in total. The van der Waals surface area contributed by atoms with E-state index in [1.807, 2.05) is 13.0 Å². The number of anilines is 1. The Hall–Kier alpha value is -2.40. The molecule has 1 N–H and O–H groups in total. The van der Waals surface area contributed by atoms with Crippen LogP contribution in [0.1, 0.15) is 46.6 Å². The van der Waals surface area contributed by atoms with Crippen LogP contribution in [-0.2, 0) is 11.3 Å². The Labute approximate surface area is 178 Å². The number of carboxylic acids is 1. The number of rotatable bonds is 5. The topological polar surface area (TPSA) is 43.8 Å². The van der Waals surface area contributed by atoms with Crippen LogP contribution in [0.3, 0.4) is 0 Å². The summed E-state index contributed by atoms with van der Waals surface area (Å²) in [6, 6.07) is 9.86. The first-order chi connectivity index (χ1) is 14.3. The lowest BCUT2D eigenvalue weighted by Crippen LogP contribution is -2.46. The van der Waals surface area contributed by atoms with Gasteiger partial charge < -0.3 is 10.0 Å². The van der Waals surface area contributed by atoms with Crippen LogP contribution < -0.4 is 4.90 Å². The van der Waals surface area contributed by atoms with Crippen LogP contribution in [0.2, 0.25) is 0 Å². The number of piperidine rings is 1. The Kier molecular flexibility index (Phi) is 5.83. The van der Waals surface area contributed by atoms with Gasteiger partial charge >= 0.3 is 5.97 Å². The highest BCUT2D eigenvalue weighted by Crippen LogP contribution is 2.36. The molecule has 2 aromatic rings. The molecule has 0 spiro atoms. The Morgan fingerprint density at radius 2 is 1.70 bits per heavy atom. The molecule has 0 saturated carbocycles. The second kappa shape index (κ2) is 8.38. The molecule has 2 fully saturated rings. The third kappa shape index (κ3) is 4.08. The van der Waals surface area contributed by atoms with Gasteiger partial charge in [0.25, 0.3) is 0 Å². The van der Waals surface area contributed by atoms with E-state index >= 15 is 0 Å². The van der Waals surface area contributed by atoms with E-state index < -0.39 is 5.97 Å². The highest BCUT2D eigenvalue weighted by Gasteiger charge is 2.31. The fraction of sp³-hybridized carbons (Fsp3) is 0.480. The van der Waals surface area contributed by atoms with Crippen LogP contribution >= 0.6 is 0 Å². The highest BCUT2D eigenvalue weighted by molar-refractivity contribution is 5.70. The molecule has 2 aromatic carbocycles. The number of carboxylic acid groups (broad SMARTS) is 1. The number of benzene rings is 2. The second-order valence-electron chi connectivity index (χ2n) is 9.03. The maximum Gasteiger partial charge on any atom is 0.306 e. The van der Waals surface area contributed by atoms with Gasteiger partial charge in [-0.2, -0.15) is 0 Å². The van der Waals surface area contributed by atoms with Crippen molar-refractivity contribution in [3.8, 4) is 0 Å². The average molecular weight is 411 g/mol. The van der Waals surface area contributed by atoms with Crippen LogP contribution in [0.4, 0.5) is 10.1 Å². The summed E-state index contributed by atoms with van der Waals surface area (Å²) < 4.78 is 14.2. The zero-order valence-corrected chi connectivity index (χ0v) is 18.1. The molecule has 2 heterocycles. The van der Waals surface area contributed by atoms with Gasteiger partial charge in [-0.25, -0.2) is 4.39 Å². The van der Waals surface area contributed by atoms with E-state index in [-0.39, 0.29) is 11.7 Å². The van der Waals surface area contributed by atoms with E-state index in [1.54, 1.807) is 6.07 Å². The number of aryl methyl sites for hydroxylation is 3. The maximum atomic E-state index is 14.2. The van der Waals surface area contributed by atoms with Gasteiger partial charge in [-0.1, -0.05) is 24.3 Å². The van der Waals surface area contributed by atoms with Crippen molar-refractivity contribution in [3.63, 3.8) is 0 Å². The molecule has 0 bridgehead atoms. The molecular formula is C25H31FN2O2. The molecule has 0 radical (unpaired) electrons. The summed E-state index contributed by atoms with van der Waals surface area (Å²) in [6.45, 7) is 10.6. The lowest BCUT2D eigenvalue weighted by atomic mass is 9.86. The Balaban J connectivity index is 1.41. The van der Waals surface area contributed by atoms with Gasteiger partial charge in [-0.15, -0.1) is 0 Å². The van der Waals surface area contributed by atoms with E-state index in [0.717, 1.165) is 56.8 Å². The van der Waals surface area contributed by atoms with Gasteiger partial charge in [0, 0.05) is 25.6 Å². The summed E-state index contributed by atoms with van der Waals surface area (Å²) in [4.78, 5) is 15.7. The molecule has 2 saturated heterocycles. The summed E-state index contributed by atoms with van der Waals surface area (Å²) in [6.07, 6.45) is 1.47. The van der Waals surface area contributed by atoms with E-state index in [1.165, 1.54) is 28.3 Å². The van der Waals surface area contributed by atoms with Crippen molar-refractivity contribution in [2.45, 2.75) is 46.1 Å². The predicted molar refractivity (Wildman–Crippen MR) is 118 cm³/mol. The minimum absolute atomic E-state index is 0.136. The molecule has 0 aliphatic carbocycles. The van der Waals surface area contributed by atoms with Gasteiger partial charge in [0.1, 0.15) is 5.82 Å². The fourth-order valence-electron chi connectivity index (χ4n) is 4.97. The lowest BCUT2D eigenvalue weighted by Gasteiger charge is -2.42. The number of carbonyl (C=O) groups is 1. The minimum atomic E-state index is -0.661. The van der Waals surface area contributed by atoms with Crippen LogP contribution in [0.15, 0.2) is 30.3 Å². The first-order valence-corrected chi connectivity index (χ1v) is 10.9. The molecule has 2 aliphatic rings. The zero-order chi connectivity index (χ0) is 21.4. The standard InChI is InChI=1S/C25H31FN2O2/c1-16-5-4-6-23(26)24(16)28-13-21(14-28)20-11-17(2)22(18(3)12-20)15-27-9-7-19(8-10-27)25(29)30/h4-6,11-12,19,21H,7-10,13-15H2,1-3H3,(H,29,30). The largest absolute Gasteiger partial charge is 0.481 e. The quantitative estimate of drug-likeness (QED) is 0.779. The molecule has 0 amide bonds. The Morgan fingerprint density at radius 3 is 2.27 bits per heavy atom. The van der Waals surface area contributed by atoms with Gasteiger partial charge in [0.15, 0.2) is 0 Å². The highest BCUT2D eigenvalue weighted by atomic mass is 19.1. The monoisotopic (exact) mass is 410 g/mol. The van der Waals surface area contributed by atoms with Crippen LogP contribution in [0.5, 0.6) is 0 Å². The molecule has 0 aromatic heterocycles. The number of aliphatic carboxylic acids is 1. The third-order valence-electron chi connectivity index (χ3n) is 6.89. The summed E-state index contributed by atoms with van der Waals surface area (Å²) in [5.74, 6) is -0.554. The maximum absolute atomic E-state index is 14.2. The third-order valence-corrected chi connectivity index (χ3v) is 6.89. The van der Waals surface area contributed by atoms with E-state index in [4.69, 9.17) is 0 Å². The number of likely N-dealkylation sites (tertiary alicyclic amines) is 1. The average Bonchev–Trinajstić information content (AvgIpc) is 2.66. The Bertz CT molecular complexity index is 901. The van der Waals surface area contributed by atoms with Gasteiger partial charge in [0.2, 0.25) is 0 Å². The van der Waals surface area contributed by atoms with Crippen molar-refractivity contribution in [2.24, 2.45) is 5.92 Å². The SMILES string of the molecule is Cc1cc(C2CN(c3c(C)cccc3F)C2)cc(C)c1CN1CCC(C(=O)O)CC1. The first-order valence-electron chi connectivity index (χ1n) is 10.9. The number of hydrogen-bond acceptors (Lipinski definition) is 3. The van der Waals surface area contributed by atoms with E-state index in [0.29, 0.717) is 5.92 Å². The smallest absolute Gasteiger partial charge is 0.306 e. The van der Waals surface area contributed by atoms with Crippen molar-refractivity contribution >= 4 is 11.7 Å². The fourth-order valence-corrected chi connectivity index (χ4v) is 4.97. The molecule has 4 rings (SSSR count). The summed E-state index contributed by atoms with van der Waals surface area (Å²) in [5, 5.41) is 9.19. The van der Waals surface area contributed by atoms with Crippen LogP contribution in [0, 0.1) is 32.5 Å². The molecule has 2 aliphatic heterocycles. The van der Waals surface area contributed by atoms with Crippen molar-refractivity contribution in [2.75, 3.05) is 31.1 Å². The summed E-state index contributed by atoms with van der Waals surface area (Å²) >= 11 is 0. The van der Waals surface area contributed by atoms with Crippen molar-refractivity contribution in [3.05, 3.63) is 64.0 Å². The molecule has 30 heavy (non-hydrogen) atoms. The normalized spacial score (nSPS) is 18.5. The molecule has 0 atom stereocenters. The lowest BCUT2D eigenvalue weighted by molar-refractivity contribution is -0.143. The molecular weight excluding hydrogens is 379 g/mol. The van der Waals surface area contributed by atoms with E-state index in [2.05, 4.69) is 35.8 Å². The number of nitrogens with zero attached hydrogens (tertiary/aromatic N) is 2. The number of halogens is 1. The minimum Gasteiger partial charge on any atom is -0.481 e. The number of para-hydroxylation sites is 1. The summed E-state index contributed by atoms with van der Waals surface area (Å²) in [7, 11) is 0. The van der Waals surface area contributed by atoms with Crippen molar-refractivity contribution in [1.82, 2.24) is 4.90 Å². The van der Waals surface area contributed by atoms with Crippen molar-refractivity contribution in [1.29, 1.82) is 0 Å².